The second-order valence-electron chi connectivity index (χ2n) is 4.22. The maximum atomic E-state index is 13.7. The molecule has 11 heteroatoms. The Morgan fingerprint density at radius 3 is 2.33 bits per heavy atom. The molecule has 1 rings (SSSR count). The standard InChI is InChI=1S/C10H15BrFN3O4S2/c1-20(16,17)14-3-2-4-15-21(18,19)10-6-9(13)7(11)5-8(10)12/h5-6,14-15H,2-4,13H2,1H3. The third-order valence-electron chi connectivity index (χ3n) is 2.35. The molecule has 0 atom stereocenters. The molecule has 0 heterocycles. The topological polar surface area (TPSA) is 118 Å². The molecule has 0 aliphatic heterocycles. The van der Waals surface area contributed by atoms with Gasteiger partial charge in [-0.15, -0.1) is 0 Å². The van der Waals surface area contributed by atoms with Crippen LogP contribution in [0.15, 0.2) is 21.5 Å². The van der Waals surface area contributed by atoms with E-state index in [9.17, 15) is 21.2 Å². The Morgan fingerprint density at radius 1 is 1.19 bits per heavy atom. The first-order valence-corrected chi connectivity index (χ1v) is 9.88. The van der Waals surface area contributed by atoms with Crippen LogP contribution in [0.5, 0.6) is 0 Å². The number of halogens is 2. The summed E-state index contributed by atoms with van der Waals surface area (Å²) in [7, 11) is -7.37. The average molecular weight is 404 g/mol. The van der Waals surface area contributed by atoms with E-state index in [0.29, 0.717) is 0 Å². The first kappa shape index (κ1) is 18.3. The molecule has 0 aliphatic carbocycles. The minimum Gasteiger partial charge on any atom is -0.398 e. The Labute approximate surface area is 131 Å². The van der Waals surface area contributed by atoms with Crippen LogP contribution in [0.2, 0.25) is 0 Å². The number of nitrogens with one attached hydrogen (secondary N) is 2. The largest absolute Gasteiger partial charge is 0.398 e. The van der Waals surface area contributed by atoms with Gasteiger partial charge >= 0.3 is 0 Å². The van der Waals surface area contributed by atoms with E-state index in [1.165, 1.54) is 0 Å². The van der Waals surface area contributed by atoms with Gasteiger partial charge < -0.3 is 5.73 Å². The first-order chi connectivity index (χ1) is 9.53. The minimum absolute atomic E-state index is 0.0414. The first-order valence-electron chi connectivity index (χ1n) is 5.72. The summed E-state index contributed by atoms with van der Waals surface area (Å²) in [5, 5.41) is 0. The summed E-state index contributed by atoms with van der Waals surface area (Å²) < 4.78 is 63.8. The van der Waals surface area contributed by atoms with Crippen LogP contribution in [0.4, 0.5) is 10.1 Å². The van der Waals surface area contributed by atoms with E-state index in [-0.39, 0.29) is 29.7 Å². The molecule has 7 nitrogen and oxygen atoms in total. The van der Waals surface area contributed by atoms with Gasteiger partial charge in [-0.2, -0.15) is 0 Å². The molecule has 4 N–H and O–H groups in total. The lowest BCUT2D eigenvalue weighted by Crippen LogP contribution is -2.30. The number of hydrogen-bond acceptors (Lipinski definition) is 5. The van der Waals surface area contributed by atoms with E-state index >= 15 is 0 Å². The molecule has 1 aromatic rings. The summed E-state index contributed by atoms with van der Waals surface area (Å²) in [6.45, 7) is 0.0343. The third kappa shape index (κ3) is 5.87. The molecule has 0 amide bonds. The molecule has 0 saturated carbocycles. The highest BCUT2D eigenvalue weighted by Crippen LogP contribution is 2.25. The van der Waals surface area contributed by atoms with Crippen molar-refractivity contribution in [3.8, 4) is 0 Å². The molecule has 120 valence electrons. The quantitative estimate of drug-likeness (QED) is 0.449. The number of sulfonamides is 2. The van der Waals surface area contributed by atoms with Gasteiger partial charge in [-0.25, -0.2) is 30.7 Å². The highest BCUT2D eigenvalue weighted by atomic mass is 79.9. The van der Waals surface area contributed by atoms with Crippen LogP contribution in [0.25, 0.3) is 0 Å². The van der Waals surface area contributed by atoms with Crippen molar-refractivity contribution in [2.24, 2.45) is 0 Å². The summed E-state index contributed by atoms with van der Waals surface area (Å²) in [4.78, 5) is -0.556. The van der Waals surface area contributed by atoms with Gasteiger partial charge in [-0.1, -0.05) is 0 Å². The second-order valence-corrected chi connectivity index (χ2v) is 8.64. The van der Waals surface area contributed by atoms with Gasteiger partial charge in [0.2, 0.25) is 20.0 Å². The summed E-state index contributed by atoms with van der Waals surface area (Å²) in [5.41, 5.74) is 5.62. The highest BCUT2D eigenvalue weighted by molar-refractivity contribution is 9.10. The van der Waals surface area contributed by atoms with Crippen LogP contribution in [0.1, 0.15) is 6.42 Å². The highest BCUT2D eigenvalue weighted by Gasteiger charge is 2.20. The van der Waals surface area contributed by atoms with Gasteiger partial charge in [-0.05, 0) is 34.5 Å². The van der Waals surface area contributed by atoms with E-state index in [1.54, 1.807) is 0 Å². The van der Waals surface area contributed by atoms with Crippen LogP contribution < -0.4 is 15.2 Å². The van der Waals surface area contributed by atoms with Gasteiger partial charge in [0.15, 0.2) is 0 Å². The van der Waals surface area contributed by atoms with Crippen LogP contribution in [-0.4, -0.2) is 36.2 Å². The van der Waals surface area contributed by atoms with E-state index in [0.717, 1.165) is 18.4 Å². The predicted octanol–water partition coefficient (Wildman–Crippen LogP) is 0.388. The van der Waals surface area contributed by atoms with Gasteiger partial charge in [-0.3, -0.25) is 0 Å². The lowest BCUT2D eigenvalue weighted by molar-refractivity contribution is 0.554. The number of hydrogen-bond donors (Lipinski definition) is 3. The van der Waals surface area contributed by atoms with Crippen molar-refractivity contribution in [1.29, 1.82) is 0 Å². The van der Waals surface area contributed by atoms with Crippen molar-refractivity contribution < 1.29 is 21.2 Å². The smallest absolute Gasteiger partial charge is 0.243 e. The van der Waals surface area contributed by atoms with Crippen LogP contribution in [-0.2, 0) is 20.0 Å². The van der Waals surface area contributed by atoms with Crippen LogP contribution in [0.3, 0.4) is 0 Å². The van der Waals surface area contributed by atoms with Crippen LogP contribution >= 0.6 is 15.9 Å². The lowest BCUT2D eigenvalue weighted by atomic mass is 10.3. The Hall–Kier alpha value is -0.750. The van der Waals surface area contributed by atoms with Gasteiger partial charge in [0.1, 0.15) is 10.7 Å². The molecule has 0 bridgehead atoms. The maximum absolute atomic E-state index is 13.7. The minimum atomic E-state index is -4.05. The summed E-state index contributed by atoms with van der Waals surface area (Å²) >= 11 is 2.99. The van der Waals surface area contributed by atoms with Crippen molar-refractivity contribution in [2.75, 3.05) is 25.1 Å². The number of rotatable bonds is 7. The summed E-state index contributed by atoms with van der Waals surface area (Å²) in [5.74, 6) is -0.933. The molecular formula is C10H15BrFN3O4S2. The third-order valence-corrected chi connectivity index (χ3v) is 5.24. The van der Waals surface area contributed by atoms with E-state index in [4.69, 9.17) is 5.73 Å². The molecule has 0 unspecified atom stereocenters. The Morgan fingerprint density at radius 2 is 1.76 bits per heavy atom. The Balaban J connectivity index is 2.68. The fourth-order valence-corrected chi connectivity index (χ4v) is 3.38. The zero-order valence-electron chi connectivity index (χ0n) is 11.1. The number of benzene rings is 1. The van der Waals surface area contributed by atoms with Crippen molar-refractivity contribution in [3.05, 3.63) is 22.4 Å². The zero-order valence-corrected chi connectivity index (χ0v) is 14.3. The number of nitrogens with two attached hydrogens (primary N) is 1. The molecule has 1 aromatic carbocycles. The zero-order chi connectivity index (χ0) is 16.3. The normalized spacial score (nSPS) is 12.5. The molecule has 21 heavy (non-hydrogen) atoms. The summed E-state index contributed by atoms with van der Waals surface area (Å²) in [6, 6.07) is 1.98. The van der Waals surface area contributed by atoms with Crippen molar-refractivity contribution >= 4 is 41.7 Å². The predicted molar refractivity (Wildman–Crippen MR) is 81.2 cm³/mol. The number of nitrogen functional groups attached to an aromatic ring is 1. The van der Waals surface area contributed by atoms with Gasteiger partial charge in [0.25, 0.3) is 0 Å². The maximum Gasteiger partial charge on any atom is 0.243 e. The monoisotopic (exact) mass is 403 g/mol. The molecule has 0 aromatic heterocycles. The number of anilines is 1. The van der Waals surface area contributed by atoms with Crippen molar-refractivity contribution in [3.63, 3.8) is 0 Å². The molecule has 0 saturated heterocycles. The van der Waals surface area contributed by atoms with Crippen molar-refractivity contribution in [2.45, 2.75) is 11.3 Å². The fourth-order valence-electron chi connectivity index (χ4n) is 1.38. The molecule has 0 spiro atoms. The molecule has 0 radical (unpaired) electrons. The molecule has 0 fully saturated rings. The van der Waals surface area contributed by atoms with Crippen LogP contribution in [0, 0.1) is 5.82 Å². The Bertz CT molecular complexity index is 722. The summed E-state index contributed by atoms with van der Waals surface area (Å²) in [6.07, 6.45) is 1.22. The SMILES string of the molecule is CS(=O)(=O)NCCCNS(=O)(=O)c1cc(N)c(Br)cc1F. The molecule has 0 aliphatic rings. The lowest BCUT2D eigenvalue weighted by Gasteiger charge is -2.09. The van der Waals surface area contributed by atoms with E-state index < -0.39 is 30.8 Å². The molecular weight excluding hydrogens is 389 g/mol. The van der Waals surface area contributed by atoms with Gasteiger partial charge in [0, 0.05) is 23.2 Å². The van der Waals surface area contributed by atoms with Gasteiger partial charge in [0.05, 0.1) is 6.26 Å². The van der Waals surface area contributed by atoms with E-state index in [2.05, 4.69) is 25.4 Å². The van der Waals surface area contributed by atoms with Crippen molar-refractivity contribution in [1.82, 2.24) is 9.44 Å². The van der Waals surface area contributed by atoms with E-state index in [1.807, 2.05) is 0 Å². The Kier molecular flexibility index (Phi) is 6.11. The average Bonchev–Trinajstić information content (AvgIpc) is 2.31. The second kappa shape index (κ2) is 7.01. The fraction of sp³-hybridized carbons (Fsp3) is 0.400.